The standard InChI is InChI=1S/C22H27N9O6S2/c23-13-5-6-29(30(13)7-8-32)9-11-10-38-20-15(19(34)31(20)16(11)21(35)36)25-18(33)14(17-26-22(24)39-28-17)27-37-12-3-1-2-4-12/h5-6,12,15,20,23,32H,1-4,7-10H2,(H4,24,25,26,28,33,35,36)/p+1/t15-,20-/m1/s1. The monoisotopic (exact) mass is 578 g/mol. The van der Waals surface area contributed by atoms with Gasteiger partial charge in [-0.1, -0.05) is 5.16 Å². The fraction of sp³-hybridized carbons (Fsp3) is 0.500. The molecule has 3 aliphatic rings. The Morgan fingerprint density at radius 1 is 1.31 bits per heavy atom. The number of β-lactam (4-membered cyclic amide) rings is 1. The number of nitrogens with zero attached hydrogens (tertiary/aromatic N) is 6. The van der Waals surface area contributed by atoms with Gasteiger partial charge in [0.05, 0.1) is 12.7 Å². The highest BCUT2D eigenvalue weighted by Gasteiger charge is 2.55. The van der Waals surface area contributed by atoms with E-state index in [0.29, 0.717) is 17.1 Å². The molecule has 2 aromatic rings. The predicted octanol–water partition coefficient (Wildman–Crippen LogP) is -1.11. The maximum Gasteiger partial charge on any atom is 0.352 e. The first kappa shape index (κ1) is 26.9. The van der Waals surface area contributed by atoms with Gasteiger partial charge in [-0.05, 0) is 25.7 Å². The highest BCUT2D eigenvalue weighted by Crippen LogP contribution is 2.40. The Morgan fingerprint density at radius 3 is 2.74 bits per heavy atom. The molecule has 0 spiro atoms. The van der Waals surface area contributed by atoms with Crippen molar-refractivity contribution in [3.8, 4) is 0 Å². The predicted molar refractivity (Wildman–Crippen MR) is 140 cm³/mol. The lowest BCUT2D eigenvalue weighted by atomic mass is 10.0. The van der Waals surface area contributed by atoms with Crippen LogP contribution in [0.3, 0.4) is 0 Å². The number of hydrogen-bond acceptors (Lipinski definition) is 12. The first-order chi connectivity index (χ1) is 18.8. The summed E-state index contributed by atoms with van der Waals surface area (Å²) < 4.78 is 7.37. The third-order valence-electron chi connectivity index (χ3n) is 6.69. The van der Waals surface area contributed by atoms with Crippen molar-refractivity contribution in [2.75, 3.05) is 23.8 Å². The van der Waals surface area contributed by atoms with Crippen LogP contribution >= 0.6 is 23.3 Å². The number of nitrogen functional groups attached to an aromatic ring is 2. The number of oxime groups is 1. The van der Waals surface area contributed by atoms with Gasteiger partial charge in [0.2, 0.25) is 11.5 Å². The maximum absolute atomic E-state index is 13.2. The molecular formula is C22H28N9O6S2+. The molecule has 1 saturated carbocycles. The summed E-state index contributed by atoms with van der Waals surface area (Å²) in [6.07, 6.45) is 5.23. The van der Waals surface area contributed by atoms with Gasteiger partial charge in [0.1, 0.15) is 29.8 Å². The van der Waals surface area contributed by atoms with Crippen LogP contribution in [0.15, 0.2) is 28.7 Å². The molecule has 0 bridgehead atoms. The molecule has 0 aromatic carbocycles. The lowest BCUT2D eigenvalue weighted by Gasteiger charge is -2.49. The van der Waals surface area contributed by atoms with Crippen LogP contribution in [0, 0.1) is 0 Å². The fourth-order valence-electron chi connectivity index (χ4n) is 4.81. The van der Waals surface area contributed by atoms with Crippen molar-refractivity contribution in [1.82, 2.24) is 24.3 Å². The molecule has 5 rings (SSSR count). The largest absolute Gasteiger partial charge is 0.477 e. The van der Waals surface area contributed by atoms with Crippen LogP contribution < -0.4 is 21.5 Å². The number of carboxylic acid groups (broad SMARTS) is 1. The molecule has 2 amide bonds. The van der Waals surface area contributed by atoms with Crippen LogP contribution in [0.5, 0.6) is 0 Å². The van der Waals surface area contributed by atoms with Crippen molar-refractivity contribution < 1.29 is 34.1 Å². The van der Waals surface area contributed by atoms with Crippen molar-refractivity contribution >= 4 is 57.7 Å². The number of aliphatic carboxylic acids is 1. The molecule has 2 aromatic heterocycles. The number of carboxylic acids is 1. The molecule has 2 aliphatic heterocycles. The van der Waals surface area contributed by atoms with Gasteiger partial charge >= 0.3 is 5.97 Å². The van der Waals surface area contributed by atoms with Crippen LogP contribution in [-0.4, -0.2) is 82.5 Å². The summed E-state index contributed by atoms with van der Waals surface area (Å²) in [6.45, 7) is 0.243. The van der Waals surface area contributed by atoms with Crippen molar-refractivity contribution in [1.29, 1.82) is 0 Å². The maximum atomic E-state index is 13.2. The first-order valence-corrected chi connectivity index (χ1v) is 14.1. The van der Waals surface area contributed by atoms with Gasteiger partial charge in [0.25, 0.3) is 11.8 Å². The highest BCUT2D eigenvalue weighted by atomic mass is 32.2. The summed E-state index contributed by atoms with van der Waals surface area (Å²) in [6, 6.07) is 0.670. The molecule has 39 heavy (non-hydrogen) atoms. The summed E-state index contributed by atoms with van der Waals surface area (Å²) in [5.74, 6) is -1.83. The van der Waals surface area contributed by atoms with Crippen LogP contribution in [0.25, 0.3) is 0 Å². The number of anilines is 2. The second kappa shape index (κ2) is 11.2. The van der Waals surface area contributed by atoms with E-state index in [0.717, 1.165) is 37.2 Å². The Bertz CT molecular complexity index is 1350. The second-order valence-corrected chi connectivity index (χ2v) is 11.1. The minimum Gasteiger partial charge on any atom is -0.477 e. The molecule has 0 unspecified atom stereocenters. The van der Waals surface area contributed by atoms with Gasteiger partial charge in [0, 0.05) is 22.9 Å². The average molecular weight is 579 g/mol. The van der Waals surface area contributed by atoms with Crippen LogP contribution in [0.4, 0.5) is 10.9 Å². The molecular weight excluding hydrogens is 550 g/mol. The van der Waals surface area contributed by atoms with Gasteiger partial charge in [0.15, 0.2) is 23.7 Å². The van der Waals surface area contributed by atoms with E-state index < -0.39 is 29.2 Å². The second-order valence-electron chi connectivity index (χ2n) is 9.21. The number of carbonyl (C=O) groups excluding carboxylic acids is 2. The zero-order chi connectivity index (χ0) is 27.7. The third-order valence-corrected chi connectivity index (χ3v) is 8.57. The Morgan fingerprint density at radius 2 is 2.08 bits per heavy atom. The quantitative estimate of drug-likeness (QED) is 0.0985. The zero-order valence-corrected chi connectivity index (χ0v) is 22.4. The zero-order valence-electron chi connectivity index (χ0n) is 20.7. The lowest BCUT2D eigenvalue weighted by molar-refractivity contribution is -0.767. The van der Waals surface area contributed by atoms with Crippen molar-refractivity contribution in [3.63, 3.8) is 0 Å². The van der Waals surface area contributed by atoms with Crippen molar-refractivity contribution in [3.05, 3.63) is 29.4 Å². The van der Waals surface area contributed by atoms with Crippen LogP contribution in [-0.2, 0) is 32.3 Å². The summed E-state index contributed by atoms with van der Waals surface area (Å²) >= 11 is 2.23. The van der Waals surface area contributed by atoms with Crippen LogP contribution in [0.1, 0.15) is 31.5 Å². The van der Waals surface area contributed by atoms with Crippen molar-refractivity contribution in [2.45, 2.75) is 56.3 Å². The molecule has 1 saturated heterocycles. The van der Waals surface area contributed by atoms with E-state index in [9.17, 15) is 24.6 Å². The van der Waals surface area contributed by atoms with E-state index in [1.54, 1.807) is 21.6 Å². The topological polar surface area (TPSA) is 215 Å². The number of aliphatic hydroxyl groups excluding tert-OH is 1. The highest BCUT2D eigenvalue weighted by molar-refractivity contribution is 8.00. The minimum atomic E-state index is -1.25. The minimum absolute atomic E-state index is 0.0106. The number of nitrogens with two attached hydrogens (primary N) is 2. The molecule has 0 radical (unpaired) electrons. The molecule has 1 aliphatic carbocycles. The smallest absolute Gasteiger partial charge is 0.352 e. The number of rotatable bonds is 10. The molecule has 208 valence electrons. The van der Waals surface area contributed by atoms with E-state index in [2.05, 4.69) is 19.8 Å². The normalized spacial score (nSPS) is 21.6. The summed E-state index contributed by atoms with van der Waals surface area (Å²) in [5.41, 5.74) is 11.8. The molecule has 17 heteroatoms. The number of carbonyl (C=O) groups is 3. The Hall–Kier alpha value is -3.70. The molecule has 4 heterocycles. The first-order valence-electron chi connectivity index (χ1n) is 12.3. The summed E-state index contributed by atoms with van der Waals surface area (Å²) in [5, 5.41) is 25.5. The van der Waals surface area contributed by atoms with Crippen LogP contribution in [0.2, 0.25) is 0 Å². The lowest BCUT2D eigenvalue weighted by Crippen LogP contribution is -2.71. The van der Waals surface area contributed by atoms with Gasteiger partial charge in [-0.3, -0.25) is 14.5 Å². The van der Waals surface area contributed by atoms with Gasteiger partial charge in [-0.25, -0.2) is 4.79 Å². The van der Waals surface area contributed by atoms with Gasteiger partial charge in [-0.15, -0.1) is 21.1 Å². The Balaban J connectivity index is 1.34. The van der Waals surface area contributed by atoms with E-state index in [1.807, 2.05) is 0 Å². The molecule has 7 N–H and O–H groups in total. The number of hydrogen-bond donors (Lipinski definition) is 5. The Kier molecular flexibility index (Phi) is 7.72. The molecule has 2 atom stereocenters. The Labute approximate surface area is 230 Å². The molecule has 2 fully saturated rings. The van der Waals surface area contributed by atoms with E-state index >= 15 is 0 Å². The summed E-state index contributed by atoms with van der Waals surface area (Å²) in [7, 11) is 0. The SMILES string of the molecule is Nc1nc(C(=NOC2CCCC2)C(=O)N[C@@H]2C(=O)N3C(C(=O)O)=C(C[n+]4ccc(N)n4CCO)CS[C@H]23)ns1. The number of aromatic nitrogens is 4. The third kappa shape index (κ3) is 5.28. The number of fused-ring (bicyclic) bond motifs is 1. The fourth-order valence-corrected chi connectivity index (χ4v) is 6.58. The van der Waals surface area contributed by atoms with E-state index in [-0.39, 0.29) is 48.2 Å². The number of nitrogens with one attached hydrogen (secondary N) is 1. The average Bonchev–Trinajstić information content (AvgIpc) is 3.66. The number of amides is 2. The van der Waals surface area contributed by atoms with Gasteiger partial charge in [-0.2, -0.15) is 9.36 Å². The van der Waals surface area contributed by atoms with Gasteiger partial charge < -0.3 is 31.8 Å². The van der Waals surface area contributed by atoms with Crippen molar-refractivity contribution in [2.24, 2.45) is 5.16 Å². The van der Waals surface area contributed by atoms with E-state index in [4.69, 9.17) is 16.3 Å². The summed E-state index contributed by atoms with van der Waals surface area (Å²) in [4.78, 5) is 49.4. The van der Waals surface area contributed by atoms with E-state index in [1.165, 1.54) is 16.7 Å². The number of aliphatic hydroxyl groups is 1. The molecule has 15 nitrogen and oxygen atoms in total. The number of thioether (sulfide) groups is 1.